The number of carbonyl (C=O) groups excluding carboxylic acids is 1. The lowest BCUT2D eigenvalue weighted by Gasteiger charge is -2.02. The number of hydrogen-bond acceptors (Lipinski definition) is 1. The topological polar surface area (TPSA) is 32.9 Å². The first-order valence-electron chi connectivity index (χ1n) is 7.91. The Kier molecular flexibility index (Phi) is 5.85. The van der Waals surface area contributed by atoms with Gasteiger partial charge in [-0.15, -0.1) is 0 Å². The number of H-pyrrole nitrogens is 1. The van der Waals surface area contributed by atoms with Gasteiger partial charge in [-0.05, 0) is 24.5 Å². The van der Waals surface area contributed by atoms with Gasteiger partial charge in [0.25, 0.3) is 0 Å². The van der Waals surface area contributed by atoms with Crippen molar-refractivity contribution in [3.63, 3.8) is 0 Å². The van der Waals surface area contributed by atoms with Crippen molar-refractivity contribution in [2.24, 2.45) is 0 Å². The van der Waals surface area contributed by atoms with Gasteiger partial charge in [0.15, 0.2) is 6.29 Å². The van der Waals surface area contributed by atoms with Gasteiger partial charge in [-0.2, -0.15) is 0 Å². The Morgan fingerprint density at radius 3 is 2.45 bits per heavy atom. The third-order valence-corrected chi connectivity index (χ3v) is 3.99. The molecule has 0 atom stereocenters. The lowest BCUT2D eigenvalue weighted by Crippen LogP contribution is -1.91. The number of nitrogens with one attached hydrogen (secondary N) is 1. The van der Waals surface area contributed by atoms with Gasteiger partial charge in [0.05, 0.1) is 5.69 Å². The molecular formula is C18H25NO. The summed E-state index contributed by atoms with van der Waals surface area (Å²) >= 11 is 0. The van der Waals surface area contributed by atoms with Crippen molar-refractivity contribution in [1.82, 2.24) is 4.98 Å². The van der Waals surface area contributed by atoms with Crippen molar-refractivity contribution < 1.29 is 4.79 Å². The van der Waals surface area contributed by atoms with E-state index < -0.39 is 0 Å². The minimum absolute atomic E-state index is 0.761. The van der Waals surface area contributed by atoms with E-state index in [1.54, 1.807) is 0 Å². The molecule has 2 rings (SSSR count). The molecule has 0 fully saturated rings. The van der Waals surface area contributed by atoms with E-state index in [4.69, 9.17) is 0 Å². The Labute approximate surface area is 121 Å². The highest BCUT2D eigenvalue weighted by Gasteiger charge is 2.09. The summed E-state index contributed by atoms with van der Waals surface area (Å²) in [6.45, 7) is 2.25. The molecule has 20 heavy (non-hydrogen) atoms. The minimum Gasteiger partial charge on any atom is -0.352 e. The number of unbranched alkanes of at least 4 members (excludes halogenated alkanes) is 6. The van der Waals surface area contributed by atoms with Crippen molar-refractivity contribution >= 4 is 17.2 Å². The molecule has 1 heterocycles. The molecule has 0 saturated carbocycles. The molecule has 1 aromatic carbocycles. The Hall–Kier alpha value is -1.57. The second-order valence-electron chi connectivity index (χ2n) is 5.55. The number of fused-ring (bicyclic) bond motifs is 1. The predicted molar refractivity (Wildman–Crippen MR) is 85.4 cm³/mol. The molecule has 0 saturated heterocycles. The van der Waals surface area contributed by atoms with Gasteiger partial charge in [0.2, 0.25) is 0 Å². The van der Waals surface area contributed by atoms with Crippen LogP contribution in [0.3, 0.4) is 0 Å². The molecular weight excluding hydrogens is 246 g/mol. The molecule has 0 radical (unpaired) electrons. The lowest BCUT2D eigenvalue weighted by atomic mass is 10.0. The molecule has 1 N–H and O–H groups in total. The maximum Gasteiger partial charge on any atom is 0.166 e. The number of benzene rings is 1. The zero-order chi connectivity index (χ0) is 14.2. The molecule has 0 bridgehead atoms. The van der Waals surface area contributed by atoms with E-state index in [1.807, 2.05) is 18.2 Å². The first-order valence-corrected chi connectivity index (χ1v) is 7.91. The number of hydrogen-bond donors (Lipinski definition) is 1. The van der Waals surface area contributed by atoms with Gasteiger partial charge in [0, 0.05) is 10.9 Å². The number of aryl methyl sites for hydroxylation is 1. The molecule has 2 aromatic rings. The standard InChI is InChI=1S/C18H25NO/c1-2-3-4-5-6-7-8-11-16-15-12-9-10-13-17(15)19-18(16)14-20/h9-10,12-14,19H,2-8,11H2,1H3. The van der Waals surface area contributed by atoms with E-state index >= 15 is 0 Å². The average Bonchev–Trinajstić information content (AvgIpc) is 2.84. The second kappa shape index (κ2) is 7.88. The molecule has 0 amide bonds. The fourth-order valence-electron chi connectivity index (χ4n) is 2.85. The summed E-state index contributed by atoms with van der Waals surface area (Å²) < 4.78 is 0. The van der Waals surface area contributed by atoms with E-state index in [0.29, 0.717) is 0 Å². The highest BCUT2D eigenvalue weighted by atomic mass is 16.1. The van der Waals surface area contributed by atoms with Crippen molar-refractivity contribution in [1.29, 1.82) is 0 Å². The second-order valence-corrected chi connectivity index (χ2v) is 5.55. The summed E-state index contributed by atoms with van der Waals surface area (Å²) in [6.07, 6.45) is 11.1. The molecule has 0 spiro atoms. The van der Waals surface area contributed by atoms with Crippen LogP contribution in [-0.4, -0.2) is 11.3 Å². The van der Waals surface area contributed by atoms with Crippen molar-refractivity contribution in [3.05, 3.63) is 35.5 Å². The van der Waals surface area contributed by atoms with Crippen LogP contribution in [0.2, 0.25) is 0 Å². The Balaban J connectivity index is 1.87. The van der Waals surface area contributed by atoms with E-state index in [2.05, 4.69) is 18.0 Å². The Morgan fingerprint density at radius 2 is 1.70 bits per heavy atom. The van der Waals surface area contributed by atoms with Crippen LogP contribution in [-0.2, 0) is 6.42 Å². The van der Waals surface area contributed by atoms with Crippen LogP contribution in [0, 0.1) is 0 Å². The molecule has 2 nitrogen and oxygen atoms in total. The average molecular weight is 271 g/mol. The maximum absolute atomic E-state index is 11.2. The van der Waals surface area contributed by atoms with Crippen molar-refractivity contribution in [2.75, 3.05) is 0 Å². The summed E-state index contributed by atoms with van der Waals surface area (Å²) in [5.74, 6) is 0. The first kappa shape index (κ1) is 14.8. The largest absolute Gasteiger partial charge is 0.352 e. The Bertz CT molecular complexity index is 541. The summed E-state index contributed by atoms with van der Waals surface area (Å²) in [6, 6.07) is 8.19. The highest BCUT2D eigenvalue weighted by molar-refractivity contribution is 5.92. The van der Waals surface area contributed by atoms with Crippen LogP contribution in [0.4, 0.5) is 0 Å². The van der Waals surface area contributed by atoms with Crippen LogP contribution in [0.15, 0.2) is 24.3 Å². The summed E-state index contributed by atoms with van der Waals surface area (Å²) in [4.78, 5) is 14.4. The Morgan fingerprint density at radius 1 is 1.00 bits per heavy atom. The third-order valence-electron chi connectivity index (χ3n) is 3.99. The van der Waals surface area contributed by atoms with Crippen LogP contribution < -0.4 is 0 Å². The zero-order valence-electron chi connectivity index (χ0n) is 12.5. The van der Waals surface area contributed by atoms with E-state index in [9.17, 15) is 4.79 Å². The number of carbonyl (C=O) groups is 1. The van der Waals surface area contributed by atoms with Crippen LogP contribution >= 0.6 is 0 Å². The molecule has 0 aliphatic carbocycles. The molecule has 0 aliphatic heterocycles. The van der Waals surface area contributed by atoms with Gasteiger partial charge in [0.1, 0.15) is 0 Å². The molecule has 0 aliphatic rings. The highest BCUT2D eigenvalue weighted by Crippen LogP contribution is 2.23. The SMILES string of the molecule is CCCCCCCCCc1c(C=O)[nH]c2ccccc12. The monoisotopic (exact) mass is 271 g/mol. The van der Waals surface area contributed by atoms with E-state index in [0.717, 1.165) is 23.9 Å². The van der Waals surface area contributed by atoms with Crippen molar-refractivity contribution in [2.45, 2.75) is 58.3 Å². The molecule has 0 unspecified atom stereocenters. The molecule has 1 aromatic heterocycles. The predicted octanol–water partition coefficient (Wildman–Crippen LogP) is 5.27. The zero-order valence-corrected chi connectivity index (χ0v) is 12.5. The molecule has 108 valence electrons. The number of aromatic amines is 1. The normalized spacial score (nSPS) is 11.1. The van der Waals surface area contributed by atoms with Crippen LogP contribution in [0.25, 0.3) is 10.9 Å². The van der Waals surface area contributed by atoms with E-state index in [-0.39, 0.29) is 0 Å². The number of aromatic nitrogens is 1. The fourth-order valence-corrected chi connectivity index (χ4v) is 2.85. The van der Waals surface area contributed by atoms with E-state index in [1.165, 1.54) is 55.9 Å². The van der Waals surface area contributed by atoms with Crippen molar-refractivity contribution in [3.8, 4) is 0 Å². The summed E-state index contributed by atoms with van der Waals surface area (Å²) in [5.41, 5.74) is 3.04. The molecule has 2 heteroatoms. The number of aldehydes is 1. The van der Waals surface area contributed by atoms with Gasteiger partial charge in [-0.3, -0.25) is 4.79 Å². The quantitative estimate of drug-likeness (QED) is 0.489. The first-order chi connectivity index (χ1) is 9.86. The van der Waals surface area contributed by atoms with Crippen LogP contribution in [0.1, 0.15) is 67.9 Å². The number of para-hydroxylation sites is 1. The van der Waals surface area contributed by atoms with Crippen LogP contribution in [0.5, 0.6) is 0 Å². The van der Waals surface area contributed by atoms with Gasteiger partial charge in [-0.25, -0.2) is 0 Å². The fraction of sp³-hybridized carbons (Fsp3) is 0.500. The van der Waals surface area contributed by atoms with Gasteiger partial charge >= 0.3 is 0 Å². The number of rotatable bonds is 9. The maximum atomic E-state index is 11.2. The lowest BCUT2D eigenvalue weighted by molar-refractivity contribution is 0.111. The summed E-state index contributed by atoms with van der Waals surface area (Å²) in [7, 11) is 0. The minimum atomic E-state index is 0.761. The smallest absolute Gasteiger partial charge is 0.166 e. The third kappa shape index (κ3) is 3.72. The van der Waals surface area contributed by atoms with Gasteiger partial charge < -0.3 is 4.98 Å². The summed E-state index contributed by atoms with van der Waals surface area (Å²) in [5, 5.41) is 1.21. The van der Waals surface area contributed by atoms with Gasteiger partial charge in [-0.1, -0.05) is 63.6 Å².